The van der Waals surface area contributed by atoms with Crippen molar-refractivity contribution >= 4 is 27.9 Å². The van der Waals surface area contributed by atoms with E-state index >= 15 is 0 Å². The number of amides is 2. The number of benzene rings is 3. The third-order valence-corrected chi connectivity index (χ3v) is 7.87. The highest BCUT2D eigenvalue weighted by molar-refractivity contribution is 9.10. The van der Waals surface area contributed by atoms with Crippen LogP contribution >= 0.6 is 15.9 Å². The minimum Gasteiger partial charge on any atom is -0.491 e. The fraction of sp³-hybridized carbons (Fsp3) is 0.333. The van der Waals surface area contributed by atoms with Gasteiger partial charge in [0.1, 0.15) is 25.0 Å². The number of carbonyl (C=O) groups is 2. The van der Waals surface area contributed by atoms with Gasteiger partial charge in [0.15, 0.2) is 0 Å². The van der Waals surface area contributed by atoms with E-state index in [4.69, 9.17) is 14.2 Å². The van der Waals surface area contributed by atoms with Gasteiger partial charge in [-0.3, -0.25) is 4.79 Å². The van der Waals surface area contributed by atoms with Gasteiger partial charge >= 0.3 is 6.09 Å². The molecule has 41 heavy (non-hydrogen) atoms. The number of allylic oxidation sites excluding steroid dienone is 1. The van der Waals surface area contributed by atoms with E-state index in [0.717, 1.165) is 34.2 Å². The number of rotatable bonds is 6. The molecule has 214 valence electrons. The Morgan fingerprint density at radius 2 is 1.78 bits per heavy atom. The Morgan fingerprint density at radius 1 is 0.976 bits per heavy atom. The topological polar surface area (TPSA) is 77.1 Å². The second kappa shape index (κ2) is 14.3. The molecule has 0 radical (unpaired) electrons. The summed E-state index contributed by atoms with van der Waals surface area (Å²) in [5.74, 6) is 0.620. The van der Waals surface area contributed by atoms with E-state index < -0.39 is 12.1 Å². The molecule has 0 unspecified atom stereocenters. The van der Waals surface area contributed by atoms with Gasteiger partial charge in [0, 0.05) is 11.0 Å². The lowest BCUT2D eigenvalue weighted by Crippen LogP contribution is -2.51. The van der Waals surface area contributed by atoms with Gasteiger partial charge in [-0.2, -0.15) is 0 Å². The van der Waals surface area contributed by atoms with Crippen LogP contribution in [-0.2, 0) is 33.9 Å². The lowest BCUT2D eigenvalue weighted by molar-refractivity contribution is -0.135. The van der Waals surface area contributed by atoms with E-state index in [1.54, 1.807) is 4.90 Å². The van der Waals surface area contributed by atoms with Crippen molar-refractivity contribution in [2.45, 2.75) is 57.1 Å². The first-order valence-electron chi connectivity index (χ1n) is 14.0. The van der Waals surface area contributed by atoms with E-state index in [0.29, 0.717) is 32.6 Å². The summed E-state index contributed by atoms with van der Waals surface area (Å²) in [7, 11) is 0. The van der Waals surface area contributed by atoms with Crippen molar-refractivity contribution < 1.29 is 23.8 Å². The van der Waals surface area contributed by atoms with Crippen LogP contribution in [0.25, 0.3) is 0 Å². The highest BCUT2D eigenvalue weighted by atomic mass is 79.9. The van der Waals surface area contributed by atoms with E-state index in [1.807, 2.05) is 72.8 Å². The SMILES string of the molecule is O=C(N[C@H]1C/C=C\CCc2cccc(c2)OC[C@@H]2C[C@H](OCc3ccc(Br)cc3)CN2C1=O)OCc1ccccc1. The van der Waals surface area contributed by atoms with Crippen LogP contribution in [0.2, 0.25) is 0 Å². The van der Waals surface area contributed by atoms with Crippen LogP contribution < -0.4 is 10.1 Å². The summed E-state index contributed by atoms with van der Waals surface area (Å²) in [5.41, 5.74) is 3.14. The number of halogens is 1. The zero-order valence-electron chi connectivity index (χ0n) is 22.9. The molecule has 8 heteroatoms. The lowest BCUT2D eigenvalue weighted by Gasteiger charge is -2.29. The van der Waals surface area contributed by atoms with Gasteiger partial charge in [-0.25, -0.2) is 4.79 Å². The average molecular weight is 620 g/mol. The molecule has 1 saturated heterocycles. The van der Waals surface area contributed by atoms with Crippen molar-refractivity contribution in [2.24, 2.45) is 0 Å². The lowest BCUT2D eigenvalue weighted by atomic mass is 10.1. The van der Waals surface area contributed by atoms with Gasteiger partial charge in [0.2, 0.25) is 5.91 Å². The Labute approximate surface area is 249 Å². The van der Waals surface area contributed by atoms with Gasteiger partial charge in [0.05, 0.1) is 18.8 Å². The molecule has 2 bridgehead atoms. The number of carbonyl (C=O) groups excluding carboxylic acids is 2. The molecule has 3 aromatic carbocycles. The van der Waals surface area contributed by atoms with Crippen molar-refractivity contribution in [3.8, 4) is 5.75 Å². The normalized spacial score (nSPS) is 21.7. The number of nitrogens with zero attached hydrogens (tertiary/aromatic N) is 1. The molecule has 0 spiro atoms. The average Bonchev–Trinajstić information content (AvgIpc) is 3.41. The van der Waals surface area contributed by atoms with Gasteiger partial charge < -0.3 is 24.4 Å². The Morgan fingerprint density at radius 3 is 2.61 bits per heavy atom. The third-order valence-electron chi connectivity index (χ3n) is 7.34. The molecule has 2 amide bonds. The number of fused-ring (bicyclic) bond motifs is 3. The third kappa shape index (κ3) is 8.44. The standard InChI is InChI=1S/C33H35BrN2O5/c34-27-16-14-26(15-17-27)21-39-30-19-28-23-40-29-12-7-11-24(18-29)8-3-2-6-13-31(32(37)36(28)20-30)35-33(38)41-22-25-9-4-1-5-10-25/h1-2,4-7,9-12,14-18,28,30-31H,3,8,13,19-23H2,(H,35,38)/b6-2-/t28-,30-,31-/m0/s1. The minimum absolute atomic E-state index is 0.132. The molecular weight excluding hydrogens is 584 g/mol. The Balaban J connectivity index is 1.30. The van der Waals surface area contributed by atoms with Crippen LogP contribution in [-0.4, -0.2) is 48.2 Å². The molecule has 3 atom stereocenters. The zero-order chi connectivity index (χ0) is 28.4. The maximum absolute atomic E-state index is 13.9. The molecule has 7 nitrogen and oxygen atoms in total. The molecule has 2 aliphatic rings. The predicted molar refractivity (Wildman–Crippen MR) is 160 cm³/mol. The molecular formula is C33H35BrN2O5. The summed E-state index contributed by atoms with van der Waals surface area (Å²) in [6, 6.07) is 24.6. The summed E-state index contributed by atoms with van der Waals surface area (Å²) in [6.45, 7) is 1.35. The Kier molecular flexibility index (Phi) is 10.1. The monoisotopic (exact) mass is 618 g/mol. The first-order chi connectivity index (χ1) is 20.0. The Bertz CT molecular complexity index is 1330. The maximum Gasteiger partial charge on any atom is 0.408 e. The van der Waals surface area contributed by atoms with Crippen molar-refractivity contribution in [2.75, 3.05) is 13.2 Å². The van der Waals surface area contributed by atoms with Gasteiger partial charge in [0.25, 0.3) is 0 Å². The predicted octanol–water partition coefficient (Wildman–Crippen LogP) is 6.20. The minimum atomic E-state index is -0.761. The maximum atomic E-state index is 13.9. The Hall–Kier alpha value is -3.62. The van der Waals surface area contributed by atoms with Gasteiger partial charge in [-0.15, -0.1) is 0 Å². The van der Waals surface area contributed by atoms with Crippen LogP contribution in [0.1, 0.15) is 36.0 Å². The molecule has 5 rings (SSSR count). The number of aryl methyl sites for hydroxylation is 1. The molecule has 2 heterocycles. The van der Waals surface area contributed by atoms with E-state index in [2.05, 4.69) is 39.5 Å². The molecule has 0 aliphatic carbocycles. The summed E-state index contributed by atoms with van der Waals surface area (Å²) < 4.78 is 18.9. The number of ether oxygens (including phenoxy) is 3. The van der Waals surface area contributed by atoms with Crippen LogP contribution in [0.4, 0.5) is 4.79 Å². The van der Waals surface area contributed by atoms with E-state index in [9.17, 15) is 9.59 Å². The molecule has 0 aromatic heterocycles. The first kappa shape index (κ1) is 28.9. The van der Waals surface area contributed by atoms with E-state index in [-0.39, 0.29) is 24.7 Å². The number of nitrogens with one attached hydrogen (secondary N) is 1. The quantitative estimate of drug-likeness (QED) is 0.333. The fourth-order valence-electron chi connectivity index (χ4n) is 5.13. The first-order valence-corrected chi connectivity index (χ1v) is 14.8. The van der Waals surface area contributed by atoms with Crippen LogP contribution in [0.15, 0.2) is 95.5 Å². The van der Waals surface area contributed by atoms with Crippen molar-refractivity contribution in [3.63, 3.8) is 0 Å². The zero-order valence-corrected chi connectivity index (χ0v) is 24.5. The van der Waals surface area contributed by atoms with E-state index in [1.165, 1.54) is 5.56 Å². The van der Waals surface area contributed by atoms with Crippen molar-refractivity contribution in [1.29, 1.82) is 0 Å². The summed E-state index contributed by atoms with van der Waals surface area (Å²) in [6.07, 6.45) is 5.95. The molecule has 2 aliphatic heterocycles. The summed E-state index contributed by atoms with van der Waals surface area (Å²) in [5, 5.41) is 2.83. The molecule has 3 aromatic rings. The van der Waals surface area contributed by atoms with Gasteiger partial charge in [-0.05, 0) is 66.6 Å². The number of alkyl carbamates (subject to hydrolysis) is 1. The summed E-state index contributed by atoms with van der Waals surface area (Å²) in [4.78, 5) is 28.5. The molecule has 1 N–H and O–H groups in total. The molecule has 0 saturated carbocycles. The second-order valence-electron chi connectivity index (χ2n) is 10.4. The fourth-order valence-corrected chi connectivity index (χ4v) is 5.39. The number of hydrogen-bond donors (Lipinski definition) is 1. The summed E-state index contributed by atoms with van der Waals surface area (Å²) >= 11 is 3.47. The van der Waals surface area contributed by atoms with Crippen molar-refractivity contribution in [3.05, 3.63) is 112 Å². The van der Waals surface area contributed by atoms with Crippen LogP contribution in [0.5, 0.6) is 5.75 Å². The van der Waals surface area contributed by atoms with Crippen molar-refractivity contribution in [1.82, 2.24) is 10.2 Å². The van der Waals surface area contributed by atoms with Crippen LogP contribution in [0.3, 0.4) is 0 Å². The van der Waals surface area contributed by atoms with Gasteiger partial charge in [-0.1, -0.05) is 82.7 Å². The number of hydrogen-bond acceptors (Lipinski definition) is 5. The second-order valence-corrected chi connectivity index (χ2v) is 11.3. The largest absolute Gasteiger partial charge is 0.491 e. The highest BCUT2D eigenvalue weighted by Crippen LogP contribution is 2.25. The smallest absolute Gasteiger partial charge is 0.408 e. The molecule has 1 fully saturated rings. The van der Waals surface area contributed by atoms with Crippen LogP contribution in [0, 0.1) is 0 Å². The highest BCUT2D eigenvalue weighted by Gasteiger charge is 2.39.